The Hall–Kier alpha value is -2.46. The van der Waals surface area contributed by atoms with Crippen LogP contribution >= 0.6 is 11.3 Å². The van der Waals surface area contributed by atoms with Crippen molar-refractivity contribution in [2.24, 2.45) is 0 Å². The second-order valence-electron chi connectivity index (χ2n) is 5.23. The fourth-order valence-electron chi connectivity index (χ4n) is 1.70. The first-order valence-corrected chi connectivity index (χ1v) is 9.82. The number of thiazole rings is 1. The molecule has 0 aliphatic carbocycles. The zero-order valence-corrected chi connectivity index (χ0v) is 15.3. The molecule has 1 aromatic carbocycles. The maximum absolute atomic E-state index is 12.4. The molecule has 1 amide bonds. The minimum absolute atomic E-state index is 0.0190. The van der Waals surface area contributed by atoms with Gasteiger partial charge in [0.05, 0.1) is 17.9 Å². The number of hydrogen-bond acceptors (Lipinski definition) is 8. The highest BCUT2D eigenvalue weighted by Gasteiger charge is 2.19. The third kappa shape index (κ3) is 5.26. The molecule has 25 heavy (non-hydrogen) atoms. The van der Waals surface area contributed by atoms with Gasteiger partial charge in [-0.1, -0.05) is 23.5 Å². The minimum Gasteiger partial charge on any atom is -0.431 e. The number of rotatable bonds is 5. The van der Waals surface area contributed by atoms with E-state index in [1.807, 2.05) is 0 Å². The fourth-order valence-corrected chi connectivity index (χ4v) is 3.33. The van der Waals surface area contributed by atoms with Gasteiger partial charge in [-0.3, -0.25) is 10.1 Å². The number of nitrogens with zero attached hydrogens (tertiary/aromatic N) is 1. The van der Waals surface area contributed by atoms with Gasteiger partial charge in [0.25, 0.3) is 5.91 Å². The molecule has 1 heterocycles. The largest absolute Gasteiger partial charge is 0.514 e. The number of ether oxygens (including phenoxy) is 2. The normalized spacial score (nSPS) is 11.2. The molecule has 8 nitrogen and oxygen atoms in total. The van der Waals surface area contributed by atoms with Gasteiger partial charge in [-0.25, -0.2) is 18.2 Å². The van der Waals surface area contributed by atoms with Crippen LogP contribution in [0, 0.1) is 0 Å². The Balaban J connectivity index is 2.17. The first-order chi connectivity index (χ1) is 11.7. The molecule has 0 saturated carbocycles. The number of hydrogen-bond donors (Lipinski definition) is 1. The van der Waals surface area contributed by atoms with E-state index >= 15 is 0 Å². The Morgan fingerprint density at radius 1 is 1.24 bits per heavy atom. The molecule has 0 unspecified atom stereocenters. The van der Waals surface area contributed by atoms with Crippen molar-refractivity contribution in [1.82, 2.24) is 4.98 Å². The molecule has 134 valence electrons. The number of amides is 1. The van der Waals surface area contributed by atoms with Gasteiger partial charge in [0.15, 0.2) is 15.0 Å². The third-order valence-corrected chi connectivity index (χ3v) is 5.43. The molecule has 1 N–H and O–H groups in total. The SMILES string of the molecule is CC(C)OC(=O)Oc1ccccc1C(=O)Nc1ncc(S(C)(=O)=O)s1. The highest BCUT2D eigenvalue weighted by Crippen LogP contribution is 2.25. The van der Waals surface area contributed by atoms with Gasteiger partial charge >= 0.3 is 6.16 Å². The number of aromatic nitrogens is 1. The van der Waals surface area contributed by atoms with Gasteiger partial charge in [-0.15, -0.1) is 0 Å². The summed E-state index contributed by atoms with van der Waals surface area (Å²) in [7, 11) is -3.40. The first kappa shape index (κ1) is 18.9. The van der Waals surface area contributed by atoms with Crippen LogP contribution < -0.4 is 10.1 Å². The third-order valence-electron chi connectivity index (χ3n) is 2.73. The van der Waals surface area contributed by atoms with Crippen LogP contribution in [0.2, 0.25) is 0 Å². The van der Waals surface area contributed by atoms with E-state index in [0.717, 1.165) is 23.8 Å². The lowest BCUT2D eigenvalue weighted by molar-refractivity contribution is 0.0725. The van der Waals surface area contributed by atoms with Crippen molar-refractivity contribution in [2.45, 2.75) is 24.2 Å². The summed E-state index contributed by atoms with van der Waals surface area (Å²) in [6, 6.07) is 6.10. The molecule has 2 aromatic rings. The molecule has 0 saturated heterocycles. The average molecular weight is 384 g/mol. The smallest absolute Gasteiger partial charge is 0.431 e. The lowest BCUT2D eigenvalue weighted by Crippen LogP contribution is -2.18. The number of benzene rings is 1. The summed E-state index contributed by atoms with van der Waals surface area (Å²) in [5.74, 6) is -0.576. The van der Waals surface area contributed by atoms with Crippen LogP contribution in [-0.4, -0.2) is 37.8 Å². The number of nitrogens with one attached hydrogen (secondary N) is 1. The number of para-hydroxylation sites is 1. The quantitative estimate of drug-likeness (QED) is 0.623. The lowest BCUT2D eigenvalue weighted by atomic mass is 10.2. The second-order valence-corrected chi connectivity index (χ2v) is 8.50. The van der Waals surface area contributed by atoms with Gasteiger partial charge in [-0.2, -0.15) is 0 Å². The average Bonchev–Trinajstić information content (AvgIpc) is 2.95. The number of sulfone groups is 1. The molecule has 10 heteroatoms. The van der Waals surface area contributed by atoms with E-state index in [9.17, 15) is 18.0 Å². The summed E-state index contributed by atoms with van der Waals surface area (Å²) < 4.78 is 32.9. The number of carbonyl (C=O) groups excluding carboxylic acids is 2. The van der Waals surface area contributed by atoms with Gasteiger partial charge < -0.3 is 9.47 Å². The Bertz CT molecular complexity index is 889. The molecule has 2 rings (SSSR count). The predicted molar refractivity (Wildman–Crippen MR) is 91.9 cm³/mol. The van der Waals surface area contributed by atoms with Crippen LogP contribution in [0.15, 0.2) is 34.7 Å². The van der Waals surface area contributed by atoms with Crippen molar-refractivity contribution in [3.05, 3.63) is 36.0 Å². The van der Waals surface area contributed by atoms with Gasteiger partial charge in [0.1, 0.15) is 9.96 Å². The topological polar surface area (TPSA) is 112 Å². The van der Waals surface area contributed by atoms with Crippen LogP contribution in [0.3, 0.4) is 0 Å². The molecule has 0 aliphatic rings. The van der Waals surface area contributed by atoms with Gasteiger partial charge in [-0.05, 0) is 26.0 Å². The fraction of sp³-hybridized carbons (Fsp3) is 0.267. The van der Waals surface area contributed by atoms with E-state index in [4.69, 9.17) is 9.47 Å². The van der Waals surface area contributed by atoms with Crippen molar-refractivity contribution in [2.75, 3.05) is 11.6 Å². The van der Waals surface area contributed by atoms with E-state index in [1.54, 1.807) is 26.0 Å². The lowest BCUT2D eigenvalue weighted by Gasteiger charge is -2.11. The van der Waals surface area contributed by atoms with Crippen molar-refractivity contribution in [3.63, 3.8) is 0 Å². The summed E-state index contributed by atoms with van der Waals surface area (Å²) in [6.07, 6.45) is 0.926. The van der Waals surface area contributed by atoms with Crippen molar-refractivity contribution in [1.29, 1.82) is 0 Å². The van der Waals surface area contributed by atoms with E-state index in [1.165, 1.54) is 12.1 Å². The zero-order chi connectivity index (χ0) is 18.6. The van der Waals surface area contributed by atoms with Crippen molar-refractivity contribution in [3.8, 4) is 5.75 Å². The first-order valence-electron chi connectivity index (χ1n) is 7.11. The summed E-state index contributed by atoms with van der Waals surface area (Å²) in [4.78, 5) is 27.8. The van der Waals surface area contributed by atoms with E-state index in [0.29, 0.717) is 0 Å². The highest BCUT2D eigenvalue weighted by atomic mass is 32.2. The van der Waals surface area contributed by atoms with E-state index in [-0.39, 0.29) is 26.8 Å². The number of anilines is 1. The number of carbonyl (C=O) groups is 2. The molecule has 0 bridgehead atoms. The molecular formula is C15H16N2O6S2. The van der Waals surface area contributed by atoms with E-state index < -0.39 is 21.9 Å². The highest BCUT2D eigenvalue weighted by molar-refractivity contribution is 7.92. The Kier molecular flexibility index (Phi) is 5.75. The maximum atomic E-state index is 12.4. The van der Waals surface area contributed by atoms with Gasteiger partial charge in [0, 0.05) is 6.26 Å². The molecule has 1 aromatic heterocycles. The molecule has 0 fully saturated rings. The Morgan fingerprint density at radius 2 is 1.92 bits per heavy atom. The predicted octanol–water partition coefficient (Wildman–Crippen LogP) is 2.72. The summed E-state index contributed by atoms with van der Waals surface area (Å²) >= 11 is 0.828. The zero-order valence-electron chi connectivity index (χ0n) is 13.7. The summed E-state index contributed by atoms with van der Waals surface area (Å²) in [5.41, 5.74) is 0.0827. The summed E-state index contributed by atoms with van der Waals surface area (Å²) in [5, 5.41) is 2.59. The Labute approximate surface area is 148 Å². The van der Waals surface area contributed by atoms with Crippen LogP contribution in [0.25, 0.3) is 0 Å². The van der Waals surface area contributed by atoms with Gasteiger partial charge in [0.2, 0.25) is 0 Å². The molecule has 0 atom stereocenters. The Morgan fingerprint density at radius 3 is 2.52 bits per heavy atom. The van der Waals surface area contributed by atoms with Crippen LogP contribution in [0.1, 0.15) is 24.2 Å². The van der Waals surface area contributed by atoms with E-state index in [2.05, 4.69) is 10.3 Å². The standard InChI is InChI=1S/C15H16N2O6S2/c1-9(2)22-15(19)23-11-7-5-4-6-10(11)13(18)17-14-16-8-12(24-14)25(3,20)21/h4-9H,1-3H3,(H,16,17,18). The summed E-state index contributed by atoms with van der Waals surface area (Å²) in [6.45, 7) is 3.34. The molecular weight excluding hydrogens is 368 g/mol. The molecule has 0 aliphatic heterocycles. The second kappa shape index (κ2) is 7.62. The minimum atomic E-state index is -3.40. The molecule has 0 radical (unpaired) electrons. The molecule has 0 spiro atoms. The van der Waals surface area contributed by atoms with Crippen LogP contribution in [0.4, 0.5) is 9.93 Å². The van der Waals surface area contributed by atoms with Crippen molar-refractivity contribution < 1.29 is 27.5 Å². The van der Waals surface area contributed by atoms with Crippen LogP contribution in [-0.2, 0) is 14.6 Å². The monoisotopic (exact) mass is 384 g/mol. The maximum Gasteiger partial charge on any atom is 0.514 e. The van der Waals surface area contributed by atoms with Crippen LogP contribution in [0.5, 0.6) is 5.75 Å². The van der Waals surface area contributed by atoms with Crippen molar-refractivity contribution >= 4 is 38.4 Å².